The van der Waals surface area contributed by atoms with E-state index in [0.717, 1.165) is 23.5 Å². The molecule has 1 heterocycles. The molecule has 0 saturated carbocycles. The number of aromatic carboxylic acids is 1. The molecule has 0 aliphatic rings. The quantitative estimate of drug-likeness (QED) is 0.908. The highest BCUT2D eigenvalue weighted by atomic mass is 32.1. The van der Waals surface area contributed by atoms with Gasteiger partial charge in [0.25, 0.3) is 0 Å². The molecule has 0 saturated heterocycles. The first-order chi connectivity index (χ1) is 9.20. The van der Waals surface area contributed by atoms with Crippen LogP contribution in [-0.2, 0) is 5.41 Å². The Balaban J connectivity index is 2.58. The number of hydrogen-bond donors (Lipinski definition) is 1. The highest BCUT2D eigenvalue weighted by Gasteiger charge is 2.27. The summed E-state index contributed by atoms with van der Waals surface area (Å²) in [6.45, 7) is 5.55. The van der Waals surface area contributed by atoms with Crippen LogP contribution >= 0.6 is 11.3 Å². The van der Waals surface area contributed by atoms with Gasteiger partial charge in [0.15, 0.2) is 11.6 Å². The Bertz CT molecular complexity index is 674. The van der Waals surface area contributed by atoms with Gasteiger partial charge in [-0.1, -0.05) is 20.8 Å². The Morgan fingerprint density at radius 2 is 1.90 bits per heavy atom. The molecule has 0 bridgehead atoms. The van der Waals surface area contributed by atoms with Crippen molar-refractivity contribution in [3.8, 4) is 10.6 Å². The molecule has 6 heteroatoms. The van der Waals surface area contributed by atoms with Crippen LogP contribution < -0.4 is 0 Å². The standard InChI is InChI=1S/C14H13F2NO2S/c1-14(2,3)11-10(13(18)19)20-12(17-11)7-4-5-8(15)9(16)6-7/h4-6H,1-3H3,(H,18,19). The fourth-order valence-corrected chi connectivity index (χ4v) is 2.84. The number of benzene rings is 1. The molecule has 106 valence electrons. The van der Waals surface area contributed by atoms with Gasteiger partial charge >= 0.3 is 5.97 Å². The van der Waals surface area contributed by atoms with E-state index in [1.54, 1.807) is 0 Å². The third-order valence-corrected chi connectivity index (χ3v) is 3.79. The maximum atomic E-state index is 13.3. The SMILES string of the molecule is CC(C)(C)c1nc(-c2ccc(F)c(F)c2)sc1C(=O)O. The van der Waals surface area contributed by atoms with Crippen LogP contribution in [0, 0.1) is 11.6 Å². The molecular formula is C14H13F2NO2S. The summed E-state index contributed by atoms with van der Waals surface area (Å²) in [6.07, 6.45) is 0. The van der Waals surface area contributed by atoms with Crippen molar-refractivity contribution in [1.29, 1.82) is 0 Å². The third kappa shape index (κ3) is 2.70. The minimum Gasteiger partial charge on any atom is -0.477 e. The van der Waals surface area contributed by atoms with Gasteiger partial charge in [0.1, 0.15) is 9.88 Å². The van der Waals surface area contributed by atoms with Crippen LogP contribution in [0.25, 0.3) is 10.6 Å². The summed E-state index contributed by atoms with van der Waals surface area (Å²) < 4.78 is 26.2. The normalized spacial score (nSPS) is 11.7. The summed E-state index contributed by atoms with van der Waals surface area (Å²) in [5.74, 6) is -2.99. The molecule has 0 spiro atoms. The molecule has 20 heavy (non-hydrogen) atoms. The molecule has 0 aliphatic carbocycles. The van der Waals surface area contributed by atoms with Crippen LogP contribution in [0.5, 0.6) is 0 Å². The van der Waals surface area contributed by atoms with Crippen molar-refractivity contribution in [2.75, 3.05) is 0 Å². The van der Waals surface area contributed by atoms with Crippen molar-refractivity contribution in [1.82, 2.24) is 4.98 Å². The molecule has 1 N–H and O–H groups in total. The van der Waals surface area contributed by atoms with E-state index in [0.29, 0.717) is 16.3 Å². The van der Waals surface area contributed by atoms with Crippen molar-refractivity contribution >= 4 is 17.3 Å². The van der Waals surface area contributed by atoms with Crippen molar-refractivity contribution in [2.24, 2.45) is 0 Å². The first-order valence-corrected chi connectivity index (χ1v) is 6.72. The highest BCUT2D eigenvalue weighted by Crippen LogP contribution is 2.34. The lowest BCUT2D eigenvalue weighted by Gasteiger charge is -2.16. The molecule has 1 aromatic heterocycles. The molecule has 3 nitrogen and oxygen atoms in total. The molecule has 2 rings (SSSR count). The molecule has 2 aromatic rings. The van der Waals surface area contributed by atoms with Gasteiger partial charge < -0.3 is 5.11 Å². The summed E-state index contributed by atoms with van der Waals surface area (Å²) in [5.41, 5.74) is 0.364. The minimum atomic E-state index is -1.07. The van der Waals surface area contributed by atoms with Crippen LogP contribution in [0.4, 0.5) is 8.78 Å². The van der Waals surface area contributed by atoms with E-state index in [9.17, 15) is 18.7 Å². The maximum Gasteiger partial charge on any atom is 0.347 e. The van der Waals surface area contributed by atoms with E-state index >= 15 is 0 Å². The molecule has 0 unspecified atom stereocenters. The fraction of sp³-hybridized carbons (Fsp3) is 0.286. The fourth-order valence-electron chi connectivity index (χ4n) is 1.73. The van der Waals surface area contributed by atoms with Gasteiger partial charge in [-0.05, 0) is 18.2 Å². The predicted octanol–water partition coefficient (Wildman–Crippen LogP) is 4.08. The summed E-state index contributed by atoms with van der Waals surface area (Å²) in [5, 5.41) is 9.59. The molecular weight excluding hydrogens is 284 g/mol. The summed E-state index contributed by atoms with van der Waals surface area (Å²) in [6, 6.07) is 3.41. The van der Waals surface area contributed by atoms with Gasteiger partial charge in [0.2, 0.25) is 0 Å². The molecule has 1 aromatic carbocycles. The second-order valence-electron chi connectivity index (χ2n) is 5.38. The Labute approximate surface area is 118 Å². The topological polar surface area (TPSA) is 50.2 Å². The van der Waals surface area contributed by atoms with E-state index in [-0.39, 0.29) is 4.88 Å². The summed E-state index contributed by atoms with van der Waals surface area (Å²) in [4.78, 5) is 15.7. The lowest BCUT2D eigenvalue weighted by Crippen LogP contribution is -2.16. The number of hydrogen-bond acceptors (Lipinski definition) is 3. The zero-order valence-corrected chi connectivity index (χ0v) is 12.0. The zero-order chi connectivity index (χ0) is 15.1. The monoisotopic (exact) mass is 297 g/mol. The molecule has 0 radical (unpaired) electrons. The van der Waals surface area contributed by atoms with Gasteiger partial charge in [0.05, 0.1) is 5.69 Å². The van der Waals surface area contributed by atoms with E-state index in [1.165, 1.54) is 6.07 Å². The van der Waals surface area contributed by atoms with Crippen LogP contribution in [-0.4, -0.2) is 16.1 Å². The Morgan fingerprint density at radius 3 is 2.35 bits per heavy atom. The number of thiazole rings is 1. The summed E-state index contributed by atoms with van der Waals surface area (Å²) >= 11 is 0.962. The van der Waals surface area contributed by atoms with Crippen LogP contribution in [0.1, 0.15) is 36.1 Å². The second-order valence-corrected chi connectivity index (χ2v) is 6.38. The molecule has 0 amide bonds. The van der Waals surface area contributed by atoms with Gasteiger partial charge in [-0.3, -0.25) is 0 Å². The van der Waals surface area contributed by atoms with E-state index in [2.05, 4.69) is 4.98 Å². The van der Waals surface area contributed by atoms with Crippen molar-refractivity contribution in [2.45, 2.75) is 26.2 Å². The average Bonchev–Trinajstić information content (AvgIpc) is 2.77. The van der Waals surface area contributed by atoms with Gasteiger partial charge in [-0.15, -0.1) is 11.3 Å². The van der Waals surface area contributed by atoms with Crippen molar-refractivity contribution in [3.63, 3.8) is 0 Å². The second kappa shape index (κ2) is 4.94. The number of carboxylic acids is 1. The van der Waals surface area contributed by atoms with Crippen LogP contribution in [0.2, 0.25) is 0 Å². The van der Waals surface area contributed by atoms with E-state index in [1.807, 2.05) is 20.8 Å². The zero-order valence-electron chi connectivity index (χ0n) is 11.2. The molecule has 0 atom stereocenters. The minimum absolute atomic E-state index is 0.122. The lowest BCUT2D eigenvalue weighted by atomic mass is 9.91. The van der Waals surface area contributed by atoms with Crippen molar-refractivity contribution in [3.05, 3.63) is 40.4 Å². The molecule has 0 aliphatic heterocycles. The predicted molar refractivity (Wildman–Crippen MR) is 73.1 cm³/mol. The average molecular weight is 297 g/mol. The van der Waals surface area contributed by atoms with Crippen molar-refractivity contribution < 1.29 is 18.7 Å². The van der Waals surface area contributed by atoms with Gasteiger partial charge in [-0.25, -0.2) is 18.6 Å². The highest BCUT2D eigenvalue weighted by molar-refractivity contribution is 7.17. The smallest absolute Gasteiger partial charge is 0.347 e. The Kier molecular flexibility index (Phi) is 3.60. The van der Waals surface area contributed by atoms with Crippen LogP contribution in [0.15, 0.2) is 18.2 Å². The van der Waals surface area contributed by atoms with Gasteiger partial charge in [0, 0.05) is 11.0 Å². The third-order valence-electron chi connectivity index (χ3n) is 2.70. The first-order valence-electron chi connectivity index (χ1n) is 5.90. The largest absolute Gasteiger partial charge is 0.477 e. The number of halogens is 2. The van der Waals surface area contributed by atoms with Gasteiger partial charge in [-0.2, -0.15) is 0 Å². The van der Waals surface area contributed by atoms with E-state index in [4.69, 9.17) is 0 Å². The number of nitrogens with zero attached hydrogens (tertiary/aromatic N) is 1. The van der Waals surface area contributed by atoms with Crippen LogP contribution in [0.3, 0.4) is 0 Å². The summed E-state index contributed by atoms with van der Waals surface area (Å²) in [7, 11) is 0. The maximum absolute atomic E-state index is 13.3. The lowest BCUT2D eigenvalue weighted by molar-refractivity contribution is 0.0699. The number of carboxylic acid groups (broad SMARTS) is 1. The number of carbonyl (C=O) groups is 1. The Hall–Kier alpha value is -1.82. The first kappa shape index (κ1) is 14.6. The Morgan fingerprint density at radius 1 is 1.25 bits per heavy atom. The number of rotatable bonds is 2. The number of aromatic nitrogens is 1. The van der Waals surface area contributed by atoms with E-state index < -0.39 is 23.0 Å². The molecule has 0 fully saturated rings.